The standard InChI is InChI=1S/C10H8BrF3O3/c11-5-8(15)17-7-3-1-6(2-4-7)9(16)10(12,13)14/h1-4,9,16H,5H2. The number of carbonyl (C=O) groups excluding carboxylic acids is 1. The smallest absolute Gasteiger partial charge is 0.418 e. The molecule has 1 aromatic rings. The minimum Gasteiger partial charge on any atom is -0.426 e. The van der Waals surface area contributed by atoms with Gasteiger partial charge in [0.1, 0.15) is 11.1 Å². The number of benzene rings is 1. The summed E-state index contributed by atoms with van der Waals surface area (Å²) in [5, 5.41) is 8.92. The lowest BCUT2D eigenvalue weighted by molar-refractivity contribution is -0.206. The minimum absolute atomic E-state index is 0.0140. The average Bonchev–Trinajstić information content (AvgIpc) is 2.27. The molecular formula is C10H8BrF3O3. The van der Waals surface area contributed by atoms with Crippen LogP contribution in [0.1, 0.15) is 11.7 Å². The first-order valence-corrected chi connectivity index (χ1v) is 5.58. The molecule has 0 radical (unpaired) electrons. The van der Waals surface area contributed by atoms with Crippen LogP contribution in [0.2, 0.25) is 0 Å². The predicted octanol–water partition coefficient (Wildman–Crippen LogP) is 2.58. The Morgan fingerprint density at radius 3 is 2.29 bits per heavy atom. The molecular weight excluding hydrogens is 305 g/mol. The van der Waals surface area contributed by atoms with Crippen molar-refractivity contribution in [2.24, 2.45) is 0 Å². The first-order valence-electron chi connectivity index (χ1n) is 4.46. The van der Waals surface area contributed by atoms with Gasteiger partial charge in [0.25, 0.3) is 0 Å². The molecule has 3 nitrogen and oxygen atoms in total. The molecule has 1 aromatic carbocycles. The van der Waals surface area contributed by atoms with Gasteiger partial charge >= 0.3 is 12.1 Å². The fourth-order valence-electron chi connectivity index (χ4n) is 1.07. The van der Waals surface area contributed by atoms with Gasteiger partial charge in [0.2, 0.25) is 0 Å². The summed E-state index contributed by atoms with van der Waals surface area (Å²) >= 11 is 2.87. The second-order valence-electron chi connectivity index (χ2n) is 3.12. The lowest BCUT2D eigenvalue weighted by Gasteiger charge is -2.14. The summed E-state index contributed by atoms with van der Waals surface area (Å²) in [5.74, 6) is -0.443. The summed E-state index contributed by atoms with van der Waals surface area (Å²) in [6.07, 6.45) is -7.25. The predicted molar refractivity (Wildman–Crippen MR) is 56.9 cm³/mol. The van der Waals surface area contributed by atoms with Crippen molar-refractivity contribution in [3.8, 4) is 5.75 Å². The third kappa shape index (κ3) is 4.01. The van der Waals surface area contributed by atoms with Crippen molar-refractivity contribution in [2.45, 2.75) is 12.3 Å². The van der Waals surface area contributed by atoms with E-state index in [1.807, 2.05) is 0 Å². The van der Waals surface area contributed by atoms with Crippen molar-refractivity contribution in [3.05, 3.63) is 29.8 Å². The highest BCUT2D eigenvalue weighted by molar-refractivity contribution is 9.09. The van der Waals surface area contributed by atoms with E-state index in [0.717, 1.165) is 12.1 Å². The van der Waals surface area contributed by atoms with Gasteiger partial charge in [0.05, 0.1) is 0 Å². The van der Waals surface area contributed by atoms with Gasteiger partial charge in [-0.1, -0.05) is 28.1 Å². The molecule has 1 N–H and O–H groups in total. The SMILES string of the molecule is O=C(CBr)Oc1ccc(C(O)C(F)(F)F)cc1. The number of alkyl halides is 4. The van der Waals surface area contributed by atoms with Crippen LogP contribution < -0.4 is 4.74 Å². The van der Waals surface area contributed by atoms with Gasteiger partial charge in [-0.3, -0.25) is 4.79 Å². The van der Waals surface area contributed by atoms with E-state index < -0.39 is 18.2 Å². The molecule has 0 amide bonds. The molecule has 0 fully saturated rings. The Bertz CT molecular complexity index is 389. The van der Waals surface area contributed by atoms with Gasteiger partial charge in [0, 0.05) is 0 Å². The van der Waals surface area contributed by atoms with Crippen LogP contribution in [0.5, 0.6) is 5.75 Å². The van der Waals surface area contributed by atoms with E-state index in [0.29, 0.717) is 0 Å². The van der Waals surface area contributed by atoms with Gasteiger partial charge in [-0.25, -0.2) is 0 Å². The summed E-state index contributed by atoms with van der Waals surface area (Å²) in [4.78, 5) is 10.9. The molecule has 0 aromatic heterocycles. The zero-order valence-corrected chi connectivity index (χ0v) is 9.96. The van der Waals surface area contributed by atoms with Crippen LogP contribution in [0.25, 0.3) is 0 Å². The number of rotatable bonds is 3. The Morgan fingerprint density at radius 2 is 1.88 bits per heavy atom. The van der Waals surface area contributed by atoms with Gasteiger partial charge in [-0.05, 0) is 17.7 Å². The van der Waals surface area contributed by atoms with Crippen molar-refractivity contribution in [1.29, 1.82) is 0 Å². The van der Waals surface area contributed by atoms with Crippen molar-refractivity contribution in [3.63, 3.8) is 0 Å². The van der Waals surface area contributed by atoms with Crippen molar-refractivity contribution in [1.82, 2.24) is 0 Å². The van der Waals surface area contributed by atoms with Crippen LogP contribution in [0.15, 0.2) is 24.3 Å². The summed E-state index contributed by atoms with van der Waals surface area (Å²) in [6.45, 7) is 0. The van der Waals surface area contributed by atoms with Crippen molar-refractivity contribution >= 4 is 21.9 Å². The van der Waals surface area contributed by atoms with E-state index in [4.69, 9.17) is 9.84 Å². The lowest BCUT2D eigenvalue weighted by atomic mass is 10.1. The Morgan fingerprint density at radius 1 is 1.35 bits per heavy atom. The Hall–Kier alpha value is -1.08. The van der Waals surface area contributed by atoms with E-state index in [1.54, 1.807) is 0 Å². The fraction of sp³-hybridized carbons (Fsp3) is 0.300. The number of ether oxygens (including phenoxy) is 1. The van der Waals surface area contributed by atoms with Crippen LogP contribution in [-0.4, -0.2) is 22.6 Å². The molecule has 0 saturated carbocycles. The van der Waals surface area contributed by atoms with Crippen LogP contribution >= 0.6 is 15.9 Å². The summed E-state index contributed by atoms with van der Waals surface area (Å²) in [6, 6.07) is 4.47. The van der Waals surface area contributed by atoms with Crippen LogP contribution in [0, 0.1) is 0 Å². The number of hydrogen-bond donors (Lipinski definition) is 1. The Labute approximate surface area is 103 Å². The molecule has 17 heavy (non-hydrogen) atoms. The molecule has 0 aliphatic carbocycles. The van der Waals surface area contributed by atoms with Gasteiger partial charge in [-0.15, -0.1) is 0 Å². The van der Waals surface area contributed by atoms with E-state index in [2.05, 4.69) is 15.9 Å². The number of esters is 1. The highest BCUT2D eigenvalue weighted by atomic mass is 79.9. The maximum atomic E-state index is 12.2. The fourth-order valence-corrected chi connectivity index (χ4v) is 1.18. The number of halogens is 4. The highest BCUT2D eigenvalue weighted by Gasteiger charge is 2.39. The van der Waals surface area contributed by atoms with E-state index >= 15 is 0 Å². The second kappa shape index (κ2) is 5.50. The van der Waals surface area contributed by atoms with Gasteiger partial charge in [0.15, 0.2) is 6.10 Å². The monoisotopic (exact) mass is 312 g/mol. The molecule has 0 saturated heterocycles. The molecule has 1 unspecified atom stereocenters. The van der Waals surface area contributed by atoms with Gasteiger partial charge in [-0.2, -0.15) is 13.2 Å². The molecule has 1 atom stereocenters. The molecule has 0 aliphatic heterocycles. The minimum atomic E-state index is -4.71. The summed E-state index contributed by atoms with van der Waals surface area (Å²) in [7, 11) is 0. The summed E-state index contributed by atoms with van der Waals surface area (Å²) in [5.41, 5.74) is -0.309. The van der Waals surface area contributed by atoms with Crippen LogP contribution in [0.4, 0.5) is 13.2 Å². The first kappa shape index (κ1) is 14.0. The third-order valence-corrected chi connectivity index (χ3v) is 2.30. The number of hydrogen-bond acceptors (Lipinski definition) is 3. The number of carbonyl (C=O) groups is 1. The Balaban J connectivity index is 2.78. The molecule has 0 bridgehead atoms. The molecule has 94 valence electrons. The van der Waals surface area contributed by atoms with E-state index in [-0.39, 0.29) is 16.6 Å². The van der Waals surface area contributed by atoms with Crippen molar-refractivity contribution in [2.75, 3.05) is 5.33 Å². The lowest BCUT2D eigenvalue weighted by Crippen LogP contribution is -2.20. The first-order chi connectivity index (χ1) is 7.84. The van der Waals surface area contributed by atoms with E-state index in [1.165, 1.54) is 12.1 Å². The van der Waals surface area contributed by atoms with Crippen LogP contribution in [0.3, 0.4) is 0 Å². The van der Waals surface area contributed by atoms with Crippen LogP contribution in [-0.2, 0) is 4.79 Å². The molecule has 7 heteroatoms. The maximum Gasteiger partial charge on any atom is 0.418 e. The third-order valence-electron chi connectivity index (χ3n) is 1.85. The normalized spacial score (nSPS) is 13.2. The quantitative estimate of drug-likeness (QED) is 0.530. The summed E-state index contributed by atoms with van der Waals surface area (Å²) < 4.78 is 41.2. The molecule has 0 aliphatic rings. The maximum absolute atomic E-state index is 12.2. The van der Waals surface area contributed by atoms with E-state index in [9.17, 15) is 18.0 Å². The highest BCUT2D eigenvalue weighted by Crippen LogP contribution is 2.32. The Kier molecular flexibility index (Phi) is 4.53. The van der Waals surface area contributed by atoms with Crippen molar-refractivity contribution < 1.29 is 27.8 Å². The molecule has 1 rings (SSSR count). The number of aliphatic hydroxyl groups excluding tert-OH is 1. The average molecular weight is 313 g/mol. The number of aliphatic hydroxyl groups is 1. The zero-order chi connectivity index (χ0) is 13.1. The zero-order valence-electron chi connectivity index (χ0n) is 8.37. The van der Waals surface area contributed by atoms with Gasteiger partial charge < -0.3 is 9.84 Å². The largest absolute Gasteiger partial charge is 0.426 e. The molecule has 0 spiro atoms. The molecule has 0 heterocycles. The topological polar surface area (TPSA) is 46.5 Å². The second-order valence-corrected chi connectivity index (χ2v) is 3.68.